The Bertz CT molecular complexity index is 683. The Kier molecular flexibility index (Phi) is 9.91. The molecule has 0 aliphatic carbocycles. The number of unbranched alkanes of at least 4 members (excludes halogenated alkanes) is 3. The van der Waals surface area contributed by atoms with Crippen LogP contribution in [-0.2, 0) is 14.9 Å². The van der Waals surface area contributed by atoms with Gasteiger partial charge in [0.1, 0.15) is 0 Å². The maximum atomic E-state index is 12.5. The number of rotatable bonds is 11. The van der Waals surface area contributed by atoms with E-state index in [-0.39, 0.29) is 6.10 Å². The molecular weight excluding hydrogens is 398 g/mol. The summed E-state index contributed by atoms with van der Waals surface area (Å²) < 4.78 is 35.3. The third-order valence-corrected chi connectivity index (χ3v) is 7.72. The summed E-state index contributed by atoms with van der Waals surface area (Å²) in [5.74, 6) is 0. The van der Waals surface area contributed by atoms with Gasteiger partial charge in [-0.3, -0.25) is 4.72 Å². The molecule has 0 bridgehead atoms. The normalized spacial score (nSPS) is 20.1. The third-order valence-electron chi connectivity index (χ3n) is 6.18. The number of nitrogens with one attached hydrogen (secondary N) is 1. The number of hydrogen-bond donors (Lipinski definition) is 1. The Morgan fingerprint density at radius 2 is 1.53 bits per heavy atom. The first-order chi connectivity index (χ1) is 14.6. The van der Waals surface area contributed by atoms with Crippen LogP contribution in [0, 0.1) is 0 Å². The molecule has 2 fully saturated rings. The minimum Gasteiger partial charge on any atom is -0.378 e. The Labute approximate surface area is 183 Å². The summed E-state index contributed by atoms with van der Waals surface area (Å²) in [6.45, 7) is 5.66. The van der Waals surface area contributed by atoms with Gasteiger partial charge in [0.2, 0.25) is 0 Å². The lowest BCUT2D eigenvalue weighted by atomic mass is 10.1. The Morgan fingerprint density at radius 3 is 2.23 bits per heavy atom. The highest BCUT2D eigenvalue weighted by Crippen LogP contribution is 2.19. The Hall–Kier alpha value is -1.15. The minimum absolute atomic E-state index is 0.185. The Morgan fingerprint density at radius 1 is 0.867 bits per heavy atom. The summed E-state index contributed by atoms with van der Waals surface area (Å²) in [5, 5.41) is 0. The smallest absolute Gasteiger partial charge is 0.301 e. The average Bonchev–Trinajstić information content (AvgIpc) is 3.03. The van der Waals surface area contributed by atoms with E-state index in [1.807, 2.05) is 18.2 Å². The molecule has 0 radical (unpaired) electrons. The largest absolute Gasteiger partial charge is 0.378 e. The average molecular weight is 438 g/mol. The molecular formula is C23H39N3O3S. The molecule has 2 aliphatic rings. The van der Waals surface area contributed by atoms with Gasteiger partial charge in [-0.2, -0.15) is 12.7 Å². The van der Waals surface area contributed by atoms with E-state index >= 15 is 0 Å². The van der Waals surface area contributed by atoms with Gasteiger partial charge in [0.05, 0.1) is 6.10 Å². The van der Waals surface area contributed by atoms with Crippen molar-refractivity contribution < 1.29 is 13.2 Å². The fraction of sp³-hybridized carbons (Fsp3) is 0.739. The van der Waals surface area contributed by atoms with Crippen molar-refractivity contribution in [3.8, 4) is 0 Å². The van der Waals surface area contributed by atoms with Crippen molar-refractivity contribution in [2.45, 2.75) is 70.3 Å². The number of piperidine rings is 1. The molecule has 2 aliphatic heterocycles. The summed E-state index contributed by atoms with van der Waals surface area (Å²) in [4.78, 5) is 2.64. The molecule has 3 rings (SSSR count). The molecule has 7 heteroatoms. The van der Waals surface area contributed by atoms with Crippen molar-refractivity contribution in [1.29, 1.82) is 0 Å². The monoisotopic (exact) mass is 437 g/mol. The first kappa shape index (κ1) is 23.5. The standard InChI is InChI=1S/C23H39N3O3S/c27-30(28,24-22-12-6-5-7-13-22)26-19-14-23(15-20-26)29-21-11-4-3-10-18-25-16-8-1-2-9-17-25/h5-7,12-13,23-24H,1-4,8-11,14-21H2. The maximum Gasteiger partial charge on any atom is 0.301 e. The highest BCUT2D eigenvalue weighted by atomic mass is 32.2. The van der Waals surface area contributed by atoms with E-state index in [4.69, 9.17) is 4.74 Å². The van der Waals surface area contributed by atoms with E-state index in [1.54, 1.807) is 12.1 Å². The summed E-state index contributed by atoms with van der Waals surface area (Å²) in [5.41, 5.74) is 0.603. The van der Waals surface area contributed by atoms with Gasteiger partial charge in [-0.05, 0) is 70.3 Å². The zero-order chi connectivity index (χ0) is 21.1. The van der Waals surface area contributed by atoms with Crippen molar-refractivity contribution in [3.63, 3.8) is 0 Å². The molecule has 0 aromatic heterocycles. The summed E-state index contributed by atoms with van der Waals surface area (Å²) >= 11 is 0. The topological polar surface area (TPSA) is 61.9 Å². The number of nitrogens with zero attached hydrogens (tertiary/aromatic N) is 2. The number of likely N-dealkylation sites (tertiary alicyclic amines) is 1. The lowest BCUT2D eigenvalue weighted by Gasteiger charge is -2.31. The van der Waals surface area contributed by atoms with Gasteiger partial charge in [-0.15, -0.1) is 0 Å². The molecule has 1 N–H and O–H groups in total. The fourth-order valence-electron chi connectivity index (χ4n) is 4.36. The lowest BCUT2D eigenvalue weighted by Crippen LogP contribution is -2.43. The van der Waals surface area contributed by atoms with Crippen LogP contribution in [0.25, 0.3) is 0 Å². The summed E-state index contributed by atoms with van der Waals surface area (Å²) in [7, 11) is -3.48. The predicted molar refractivity (Wildman–Crippen MR) is 123 cm³/mol. The summed E-state index contributed by atoms with van der Waals surface area (Å²) in [6, 6.07) is 9.05. The van der Waals surface area contributed by atoms with Gasteiger partial charge in [-0.25, -0.2) is 0 Å². The Balaban J connectivity index is 1.23. The van der Waals surface area contributed by atoms with Crippen LogP contribution >= 0.6 is 0 Å². The molecule has 0 amide bonds. The molecule has 2 heterocycles. The quantitative estimate of drug-likeness (QED) is 0.526. The molecule has 30 heavy (non-hydrogen) atoms. The first-order valence-corrected chi connectivity index (χ1v) is 13.2. The van der Waals surface area contributed by atoms with Crippen LogP contribution in [0.15, 0.2) is 30.3 Å². The first-order valence-electron chi connectivity index (χ1n) is 11.8. The van der Waals surface area contributed by atoms with Crippen LogP contribution in [-0.4, -0.2) is 63.1 Å². The van der Waals surface area contributed by atoms with Gasteiger partial charge in [0.15, 0.2) is 0 Å². The van der Waals surface area contributed by atoms with E-state index in [0.717, 1.165) is 25.9 Å². The van der Waals surface area contributed by atoms with Gasteiger partial charge < -0.3 is 9.64 Å². The summed E-state index contributed by atoms with van der Waals surface area (Å²) in [6.07, 6.45) is 12.2. The van der Waals surface area contributed by atoms with Crippen LogP contribution in [0.2, 0.25) is 0 Å². The van der Waals surface area contributed by atoms with Crippen LogP contribution in [0.4, 0.5) is 5.69 Å². The maximum absolute atomic E-state index is 12.5. The SMILES string of the molecule is O=S(=O)(Nc1ccccc1)N1CCC(OCCCCCCN2CCCCCC2)CC1. The van der Waals surface area contributed by atoms with E-state index in [1.165, 1.54) is 68.9 Å². The zero-order valence-corrected chi connectivity index (χ0v) is 19.1. The van der Waals surface area contributed by atoms with Crippen LogP contribution in [0.1, 0.15) is 64.2 Å². The van der Waals surface area contributed by atoms with E-state index < -0.39 is 10.2 Å². The van der Waals surface area contributed by atoms with Crippen LogP contribution < -0.4 is 4.72 Å². The molecule has 0 unspecified atom stereocenters. The fourth-order valence-corrected chi connectivity index (χ4v) is 5.61. The van der Waals surface area contributed by atoms with E-state index in [0.29, 0.717) is 18.8 Å². The number of anilines is 1. The molecule has 1 aromatic rings. The highest BCUT2D eigenvalue weighted by molar-refractivity contribution is 7.90. The van der Waals surface area contributed by atoms with Gasteiger partial charge >= 0.3 is 10.2 Å². The second-order valence-corrected chi connectivity index (χ2v) is 10.3. The molecule has 0 spiro atoms. The van der Waals surface area contributed by atoms with E-state index in [2.05, 4.69) is 9.62 Å². The molecule has 170 valence electrons. The molecule has 2 saturated heterocycles. The van der Waals surface area contributed by atoms with Crippen molar-refractivity contribution >= 4 is 15.9 Å². The number of hydrogen-bond acceptors (Lipinski definition) is 4. The van der Waals surface area contributed by atoms with Crippen molar-refractivity contribution in [2.24, 2.45) is 0 Å². The van der Waals surface area contributed by atoms with Crippen molar-refractivity contribution in [2.75, 3.05) is 44.1 Å². The molecule has 0 atom stereocenters. The van der Waals surface area contributed by atoms with Gasteiger partial charge in [-0.1, -0.05) is 43.9 Å². The molecule has 0 saturated carbocycles. The number of ether oxygens (including phenoxy) is 1. The molecule has 6 nitrogen and oxygen atoms in total. The predicted octanol–water partition coefficient (Wildman–Crippen LogP) is 4.26. The van der Waals surface area contributed by atoms with Gasteiger partial charge in [0, 0.05) is 25.4 Å². The third kappa shape index (κ3) is 8.17. The zero-order valence-electron chi connectivity index (χ0n) is 18.3. The van der Waals surface area contributed by atoms with Crippen LogP contribution in [0.5, 0.6) is 0 Å². The number of para-hydroxylation sites is 1. The number of benzene rings is 1. The molecule has 1 aromatic carbocycles. The van der Waals surface area contributed by atoms with Gasteiger partial charge in [0.25, 0.3) is 0 Å². The second-order valence-electron chi connectivity index (χ2n) is 8.61. The van der Waals surface area contributed by atoms with Crippen molar-refractivity contribution in [1.82, 2.24) is 9.21 Å². The second kappa shape index (κ2) is 12.6. The van der Waals surface area contributed by atoms with E-state index in [9.17, 15) is 8.42 Å². The lowest BCUT2D eigenvalue weighted by molar-refractivity contribution is 0.0193. The van der Waals surface area contributed by atoms with Crippen LogP contribution in [0.3, 0.4) is 0 Å². The highest BCUT2D eigenvalue weighted by Gasteiger charge is 2.28. The van der Waals surface area contributed by atoms with Crippen molar-refractivity contribution in [3.05, 3.63) is 30.3 Å². The minimum atomic E-state index is -3.48.